The summed E-state index contributed by atoms with van der Waals surface area (Å²) in [6, 6.07) is 6.14. The predicted octanol–water partition coefficient (Wildman–Crippen LogP) is 4.60. The van der Waals surface area contributed by atoms with Gasteiger partial charge in [-0.25, -0.2) is 9.97 Å². The molecule has 0 atom stereocenters. The van der Waals surface area contributed by atoms with Crippen molar-refractivity contribution >= 4 is 28.2 Å². The number of hydrogen-bond acceptors (Lipinski definition) is 5. The summed E-state index contributed by atoms with van der Waals surface area (Å²) < 4.78 is 0. The predicted molar refractivity (Wildman–Crippen MR) is 107 cm³/mol. The topological polar surface area (TPSA) is 58.1 Å². The molecule has 1 saturated heterocycles. The van der Waals surface area contributed by atoms with Gasteiger partial charge in [0, 0.05) is 41.7 Å². The zero-order valence-corrected chi connectivity index (χ0v) is 16.7. The molecule has 2 aromatic rings. The van der Waals surface area contributed by atoms with Crippen molar-refractivity contribution in [1.29, 1.82) is 0 Å². The molecule has 1 aliphatic rings. The molecule has 6 heteroatoms. The van der Waals surface area contributed by atoms with Crippen molar-refractivity contribution in [3.05, 3.63) is 35.0 Å². The van der Waals surface area contributed by atoms with E-state index in [1.807, 2.05) is 31.0 Å². The number of rotatable bonds is 6. The Balaban J connectivity index is 1.61. The van der Waals surface area contributed by atoms with Gasteiger partial charge in [0.25, 0.3) is 0 Å². The van der Waals surface area contributed by atoms with Crippen molar-refractivity contribution in [1.82, 2.24) is 14.9 Å². The molecule has 0 bridgehead atoms. The molecule has 26 heavy (non-hydrogen) atoms. The lowest BCUT2D eigenvalue weighted by molar-refractivity contribution is -0.135. The molecular formula is C20H28N4OS. The molecule has 2 aromatic heterocycles. The highest BCUT2D eigenvalue weighted by Gasteiger charge is 2.25. The summed E-state index contributed by atoms with van der Waals surface area (Å²) in [5.74, 6) is 1.60. The summed E-state index contributed by atoms with van der Waals surface area (Å²) in [7, 11) is 0. The van der Waals surface area contributed by atoms with E-state index < -0.39 is 0 Å². The number of amides is 1. The minimum Gasteiger partial charge on any atom is -0.342 e. The highest BCUT2D eigenvalue weighted by atomic mass is 32.1. The van der Waals surface area contributed by atoms with E-state index in [0.717, 1.165) is 55.4 Å². The second kappa shape index (κ2) is 8.62. The van der Waals surface area contributed by atoms with Gasteiger partial charge in [-0.05, 0) is 31.4 Å². The van der Waals surface area contributed by atoms with E-state index >= 15 is 0 Å². The van der Waals surface area contributed by atoms with E-state index in [1.54, 1.807) is 11.3 Å². The van der Waals surface area contributed by atoms with Crippen molar-refractivity contribution in [2.24, 2.45) is 5.92 Å². The molecule has 1 N–H and O–H groups in total. The maximum Gasteiger partial charge on any atom is 0.225 e. The minimum absolute atomic E-state index is 0.0769. The number of hydrogen-bond donors (Lipinski definition) is 1. The number of aryl methyl sites for hydroxylation is 1. The van der Waals surface area contributed by atoms with Gasteiger partial charge < -0.3 is 10.2 Å². The molecule has 1 fully saturated rings. The van der Waals surface area contributed by atoms with Gasteiger partial charge in [0.2, 0.25) is 5.91 Å². The van der Waals surface area contributed by atoms with Crippen LogP contribution in [0.25, 0.3) is 0 Å². The van der Waals surface area contributed by atoms with Crippen molar-refractivity contribution in [2.45, 2.75) is 52.4 Å². The number of anilines is 2. The van der Waals surface area contributed by atoms with Crippen molar-refractivity contribution < 1.29 is 4.79 Å². The Morgan fingerprint density at radius 2 is 2.12 bits per heavy atom. The lowest BCUT2D eigenvalue weighted by Gasteiger charge is -2.33. The number of pyridine rings is 1. The third kappa shape index (κ3) is 4.61. The van der Waals surface area contributed by atoms with Crippen LogP contribution in [0, 0.1) is 5.92 Å². The van der Waals surface area contributed by atoms with E-state index in [-0.39, 0.29) is 11.8 Å². The van der Waals surface area contributed by atoms with Crippen LogP contribution < -0.4 is 5.32 Å². The fraction of sp³-hybridized carbons (Fsp3) is 0.550. The summed E-state index contributed by atoms with van der Waals surface area (Å²) in [6.07, 6.45) is 6.11. The van der Waals surface area contributed by atoms with Crippen LogP contribution in [-0.2, 0) is 11.2 Å². The Kier molecular flexibility index (Phi) is 6.25. The quantitative estimate of drug-likeness (QED) is 0.805. The SMILES string of the molecule is CCCc1cnc(Nc2cccc(C3CCN(C(=O)C(C)C)CC3)n2)s1. The van der Waals surface area contributed by atoms with Gasteiger partial charge in [0.15, 0.2) is 5.13 Å². The maximum atomic E-state index is 12.1. The van der Waals surface area contributed by atoms with E-state index in [0.29, 0.717) is 5.92 Å². The van der Waals surface area contributed by atoms with Gasteiger partial charge in [-0.2, -0.15) is 0 Å². The second-order valence-corrected chi connectivity index (χ2v) is 8.32. The van der Waals surface area contributed by atoms with E-state index in [9.17, 15) is 4.79 Å². The first kappa shape index (κ1) is 18.8. The van der Waals surface area contributed by atoms with Crippen molar-refractivity contribution in [3.63, 3.8) is 0 Å². The summed E-state index contributed by atoms with van der Waals surface area (Å²) in [5.41, 5.74) is 1.11. The first-order chi connectivity index (χ1) is 12.6. The molecule has 5 nitrogen and oxygen atoms in total. The lowest BCUT2D eigenvalue weighted by atomic mass is 9.92. The van der Waals surface area contributed by atoms with Gasteiger partial charge >= 0.3 is 0 Å². The summed E-state index contributed by atoms with van der Waals surface area (Å²) >= 11 is 1.69. The van der Waals surface area contributed by atoms with Crippen LogP contribution >= 0.6 is 11.3 Å². The molecule has 0 unspecified atom stereocenters. The fourth-order valence-corrected chi connectivity index (χ4v) is 4.27. The first-order valence-corrected chi connectivity index (χ1v) is 10.4. The average molecular weight is 373 g/mol. The molecule has 0 aliphatic carbocycles. The zero-order valence-electron chi connectivity index (χ0n) is 15.9. The molecule has 0 aromatic carbocycles. The third-order valence-electron chi connectivity index (χ3n) is 4.77. The number of nitrogens with one attached hydrogen (secondary N) is 1. The second-order valence-electron chi connectivity index (χ2n) is 7.21. The number of piperidine rings is 1. The molecule has 0 spiro atoms. The molecule has 0 saturated carbocycles. The van der Waals surface area contributed by atoms with Crippen molar-refractivity contribution in [2.75, 3.05) is 18.4 Å². The van der Waals surface area contributed by atoms with E-state index in [1.165, 1.54) is 4.88 Å². The Hall–Kier alpha value is -1.95. The minimum atomic E-state index is 0.0769. The van der Waals surface area contributed by atoms with Crippen LogP contribution in [0.2, 0.25) is 0 Å². The molecule has 1 amide bonds. The number of likely N-dealkylation sites (tertiary alicyclic amines) is 1. The van der Waals surface area contributed by atoms with Crippen LogP contribution in [0.1, 0.15) is 56.5 Å². The summed E-state index contributed by atoms with van der Waals surface area (Å²) in [6.45, 7) is 7.77. The third-order valence-corrected chi connectivity index (χ3v) is 5.75. The van der Waals surface area contributed by atoms with Crippen LogP contribution in [-0.4, -0.2) is 33.9 Å². The van der Waals surface area contributed by atoms with E-state index in [4.69, 9.17) is 4.98 Å². The van der Waals surface area contributed by atoms with Crippen LogP contribution in [0.3, 0.4) is 0 Å². The Morgan fingerprint density at radius 3 is 2.81 bits per heavy atom. The Morgan fingerprint density at radius 1 is 1.35 bits per heavy atom. The van der Waals surface area contributed by atoms with Gasteiger partial charge in [0.1, 0.15) is 5.82 Å². The Bertz CT molecular complexity index is 735. The van der Waals surface area contributed by atoms with Gasteiger partial charge in [0.05, 0.1) is 0 Å². The van der Waals surface area contributed by atoms with Crippen LogP contribution in [0.4, 0.5) is 10.9 Å². The molecule has 1 aliphatic heterocycles. The van der Waals surface area contributed by atoms with Crippen LogP contribution in [0.5, 0.6) is 0 Å². The summed E-state index contributed by atoms with van der Waals surface area (Å²) in [5, 5.41) is 4.23. The fourth-order valence-electron chi connectivity index (χ4n) is 3.35. The average Bonchev–Trinajstić information content (AvgIpc) is 3.08. The highest BCUT2D eigenvalue weighted by Crippen LogP contribution is 2.29. The van der Waals surface area contributed by atoms with E-state index in [2.05, 4.69) is 29.4 Å². The normalized spacial score (nSPS) is 15.5. The molecule has 3 rings (SSSR count). The first-order valence-electron chi connectivity index (χ1n) is 9.54. The summed E-state index contributed by atoms with van der Waals surface area (Å²) in [4.78, 5) is 24.7. The molecular weight excluding hydrogens is 344 g/mol. The molecule has 3 heterocycles. The van der Waals surface area contributed by atoms with Gasteiger partial charge in [-0.1, -0.05) is 33.3 Å². The monoisotopic (exact) mass is 372 g/mol. The van der Waals surface area contributed by atoms with Crippen molar-refractivity contribution in [3.8, 4) is 0 Å². The molecule has 0 radical (unpaired) electrons. The number of aromatic nitrogens is 2. The van der Waals surface area contributed by atoms with Crippen LogP contribution in [0.15, 0.2) is 24.4 Å². The standard InChI is InChI=1S/C20H28N4OS/c1-4-6-16-13-21-20(26-16)23-18-8-5-7-17(22-18)15-9-11-24(12-10-15)19(25)14(2)3/h5,7-8,13-15H,4,6,9-12H2,1-3H3,(H,21,22,23). The lowest BCUT2D eigenvalue weighted by Crippen LogP contribution is -2.40. The number of nitrogens with zero attached hydrogens (tertiary/aromatic N) is 3. The Labute approximate surface area is 159 Å². The number of thiazole rings is 1. The largest absolute Gasteiger partial charge is 0.342 e. The number of carbonyl (C=O) groups is 1. The molecule has 140 valence electrons. The number of carbonyl (C=O) groups excluding carboxylic acids is 1. The maximum absolute atomic E-state index is 12.1. The highest BCUT2D eigenvalue weighted by molar-refractivity contribution is 7.15. The van der Waals surface area contributed by atoms with Gasteiger partial charge in [-0.15, -0.1) is 11.3 Å². The van der Waals surface area contributed by atoms with Gasteiger partial charge in [-0.3, -0.25) is 4.79 Å². The smallest absolute Gasteiger partial charge is 0.225 e. The zero-order chi connectivity index (χ0) is 18.5.